The second-order valence-corrected chi connectivity index (χ2v) is 7.40. The molecule has 0 spiro atoms. The standard InChI is InChI=1S/C19H30ClFN4O2.HI/c1-3-22-18(23-7-6-15-4-5-16(21)12-17(15)20)24-13-19(2,26)14-25-8-10-27-11-9-25;/h4-5,12,26H,3,6-11,13-14H2,1-2H3,(H2,22,23,24);1H. The Hall–Kier alpha value is -0.680. The van der Waals surface area contributed by atoms with Crippen molar-refractivity contribution in [1.29, 1.82) is 0 Å². The van der Waals surface area contributed by atoms with Crippen molar-refractivity contribution in [3.05, 3.63) is 34.6 Å². The number of nitrogens with one attached hydrogen (secondary N) is 2. The molecule has 160 valence electrons. The van der Waals surface area contributed by atoms with Crippen molar-refractivity contribution in [2.75, 3.05) is 52.5 Å². The molecule has 0 radical (unpaired) electrons. The van der Waals surface area contributed by atoms with Crippen LogP contribution in [0.25, 0.3) is 0 Å². The topological polar surface area (TPSA) is 69.1 Å². The van der Waals surface area contributed by atoms with Crippen LogP contribution < -0.4 is 10.6 Å². The summed E-state index contributed by atoms with van der Waals surface area (Å²) in [7, 11) is 0. The molecule has 1 aliphatic rings. The van der Waals surface area contributed by atoms with Gasteiger partial charge in [0.25, 0.3) is 0 Å². The van der Waals surface area contributed by atoms with E-state index in [1.54, 1.807) is 13.0 Å². The lowest BCUT2D eigenvalue weighted by atomic mass is 10.1. The van der Waals surface area contributed by atoms with Gasteiger partial charge in [-0.3, -0.25) is 9.89 Å². The van der Waals surface area contributed by atoms with Crippen LogP contribution in [0.2, 0.25) is 5.02 Å². The minimum absolute atomic E-state index is 0. The number of β-amino-alcohol motifs (C(OH)–C–C–N with tert-alkyl or cyclic N) is 1. The molecule has 28 heavy (non-hydrogen) atoms. The smallest absolute Gasteiger partial charge is 0.191 e. The summed E-state index contributed by atoms with van der Waals surface area (Å²) in [5.41, 5.74) is -0.0410. The van der Waals surface area contributed by atoms with Gasteiger partial charge in [-0.05, 0) is 38.0 Å². The molecule has 1 aromatic rings. The van der Waals surface area contributed by atoms with Gasteiger partial charge in [-0.25, -0.2) is 4.39 Å². The van der Waals surface area contributed by atoms with Crippen LogP contribution in [0.3, 0.4) is 0 Å². The molecule has 1 saturated heterocycles. The van der Waals surface area contributed by atoms with E-state index in [2.05, 4.69) is 20.5 Å². The Bertz CT molecular complexity index is 628. The molecule has 6 nitrogen and oxygen atoms in total. The summed E-state index contributed by atoms with van der Waals surface area (Å²) >= 11 is 6.06. The van der Waals surface area contributed by atoms with E-state index in [1.807, 2.05) is 6.92 Å². The lowest BCUT2D eigenvalue weighted by Crippen LogP contribution is -2.48. The third-order valence-electron chi connectivity index (χ3n) is 4.29. The van der Waals surface area contributed by atoms with Crippen LogP contribution in [0.4, 0.5) is 4.39 Å². The molecule has 1 fully saturated rings. The molecular weight excluding hydrogens is 498 g/mol. The minimum Gasteiger partial charge on any atom is -0.387 e. The van der Waals surface area contributed by atoms with Crippen LogP contribution >= 0.6 is 35.6 Å². The number of nitrogens with zero attached hydrogens (tertiary/aromatic N) is 2. The Morgan fingerprint density at radius 2 is 2.07 bits per heavy atom. The lowest BCUT2D eigenvalue weighted by molar-refractivity contribution is -0.0179. The van der Waals surface area contributed by atoms with Gasteiger partial charge in [0.05, 0.1) is 25.4 Å². The lowest BCUT2D eigenvalue weighted by Gasteiger charge is -2.33. The highest BCUT2D eigenvalue weighted by molar-refractivity contribution is 14.0. The highest BCUT2D eigenvalue weighted by Gasteiger charge is 2.25. The average Bonchev–Trinajstić information content (AvgIpc) is 2.62. The number of ether oxygens (including phenoxy) is 1. The molecule has 3 N–H and O–H groups in total. The van der Waals surface area contributed by atoms with Crippen LogP contribution in [0.15, 0.2) is 23.2 Å². The van der Waals surface area contributed by atoms with Crippen molar-refractivity contribution in [1.82, 2.24) is 15.5 Å². The Balaban J connectivity index is 0.00000392. The average molecular weight is 529 g/mol. The monoisotopic (exact) mass is 528 g/mol. The first-order valence-corrected chi connectivity index (χ1v) is 9.76. The molecule has 0 bridgehead atoms. The summed E-state index contributed by atoms with van der Waals surface area (Å²) in [6.45, 7) is 9.02. The van der Waals surface area contributed by atoms with Crippen molar-refractivity contribution in [3.63, 3.8) is 0 Å². The Labute approximate surface area is 188 Å². The van der Waals surface area contributed by atoms with Gasteiger partial charge in [0.1, 0.15) is 5.82 Å². The Morgan fingerprint density at radius 1 is 1.36 bits per heavy atom. The second-order valence-electron chi connectivity index (χ2n) is 6.99. The minimum atomic E-state index is -0.917. The summed E-state index contributed by atoms with van der Waals surface area (Å²) in [4.78, 5) is 6.70. The maximum atomic E-state index is 13.1. The quantitative estimate of drug-likeness (QED) is 0.274. The maximum Gasteiger partial charge on any atom is 0.191 e. The van der Waals surface area contributed by atoms with Crippen molar-refractivity contribution in [2.45, 2.75) is 25.9 Å². The zero-order valence-electron chi connectivity index (χ0n) is 16.5. The van der Waals surface area contributed by atoms with Crippen molar-refractivity contribution in [3.8, 4) is 0 Å². The molecule has 1 unspecified atom stereocenters. The molecule has 1 aliphatic heterocycles. The van der Waals surface area contributed by atoms with E-state index in [0.717, 1.165) is 25.2 Å². The molecule has 1 aromatic carbocycles. The summed E-state index contributed by atoms with van der Waals surface area (Å²) in [6, 6.07) is 4.42. The molecule has 2 rings (SSSR count). The molecule has 0 aliphatic carbocycles. The summed E-state index contributed by atoms with van der Waals surface area (Å²) in [5, 5.41) is 17.5. The highest BCUT2D eigenvalue weighted by atomic mass is 127. The van der Waals surface area contributed by atoms with Crippen molar-refractivity contribution >= 4 is 41.5 Å². The summed E-state index contributed by atoms with van der Waals surface area (Å²) in [5.74, 6) is 0.298. The van der Waals surface area contributed by atoms with E-state index in [0.29, 0.717) is 43.7 Å². The summed E-state index contributed by atoms with van der Waals surface area (Å²) in [6.07, 6.45) is 0.647. The van der Waals surface area contributed by atoms with E-state index in [4.69, 9.17) is 16.3 Å². The SMILES string of the molecule is CCNC(=NCC(C)(O)CN1CCOCC1)NCCc1ccc(F)cc1Cl.I. The number of morpholine rings is 1. The van der Waals surface area contributed by atoms with E-state index in [1.165, 1.54) is 12.1 Å². The number of halogens is 3. The number of hydrogen-bond donors (Lipinski definition) is 3. The van der Waals surface area contributed by atoms with Crippen molar-refractivity contribution < 1.29 is 14.2 Å². The van der Waals surface area contributed by atoms with Gasteiger partial charge in [0, 0.05) is 37.7 Å². The summed E-state index contributed by atoms with van der Waals surface area (Å²) < 4.78 is 18.5. The fourth-order valence-corrected chi connectivity index (χ4v) is 3.18. The van der Waals surface area contributed by atoms with Gasteiger partial charge in [-0.2, -0.15) is 0 Å². The first-order chi connectivity index (χ1) is 12.9. The van der Waals surface area contributed by atoms with Crippen molar-refractivity contribution in [2.24, 2.45) is 4.99 Å². The van der Waals surface area contributed by atoms with Gasteiger partial charge in [-0.1, -0.05) is 17.7 Å². The normalized spacial score (nSPS) is 17.5. The molecule has 0 aromatic heterocycles. The highest BCUT2D eigenvalue weighted by Crippen LogP contribution is 2.17. The molecule has 0 saturated carbocycles. The van der Waals surface area contributed by atoms with Crippen LogP contribution in [0.1, 0.15) is 19.4 Å². The number of benzene rings is 1. The largest absolute Gasteiger partial charge is 0.387 e. The predicted molar refractivity (Wildman–Crippen MR) is 122 cm³/mol. The van der Waals surface area contributed by atoms with E-state index in [-0.39, 0.29) is 36.3 Å². The van der Waals surface area contributed by atoms with Crippen LogP contribution in [-0.4, -0.2) is 74.0 Å². The zero-order chi connectivity index (χ0) is 19.7. The van der Waals surface area contributed by atoms with E-state index in [9.17, 15) is 9.50 Å². The van der Waals surface area contributed by atoms with Crippen LogP contribution in [0, 0.1) is 5.82 Å². The fraction of sp³-hybridized carbons (Fsp3) is 0.632. The zero-order valence-corrected chi connectivity index (χ0v) is 19.6. The number of guanidine groups is 1. The first-order valence-electron chi connectivity index (χ1n) is 9.38. The molecule has 1 heterocycles. The number of hydrogen-bond acceptors (Lipinski definition) is 4. The van der Waals surface area contributed by atoms with Crippen LogP contribution in [-0.2, 0) is 11.2 Å². The van der Waals surface area contributed by atoms with Gasteiger partial charge in [-0.15, -0.1) is 24.0 Å². The van der Waals surface area contributed by atoms with Gasteiger partial charge < -0.3 is 20.5 Å². The van der Waals surface area contributed by atoms with Crippen LogP contribution in [0.5, 0.6) is 0 Å². The third kappa shape index (κ3) is 9.21. The maximum absolute atomic E-state index is 13.1. The van der Waals surface area contributed by atoms with Gasteiger partial charge >= 0.3 is 0 Å². The molecular formula is C19H31ClFIN4O2. The number of aliphatic imine (C=N–C) groups is 1. The first kappa shape index (κ1) is 25.4. The number of rotatable bonds is 8. The fourth-order valence-electron chi connectivity index (χ4n) is 2.92. The van der Waals surface area contributed by atoms with Gasteiger partial charge in [0.2, 0.25) is 0 Å². The second kappa shape index (κ2) is 12.8. The van der Waals surface area contributed by atoms with Gasteiger partial charge in [0.15, 0.2) is 5.96 Å². The third-order valence-corrected chi connectivity index (χ3v) is 4.64. The Kier molecular flexibility index (Phi) is 11.6. The molecule has 1 atom stereocenters. The Morgan fingerprint density at radius 3 is 2.71 bits per heavy atom. The molecule has 0 amide bonds. The molecule has 9 heteroatoms. The van der Waals surface area contributed by atoms with E-state index >= 15 is 0 Å². The predicted octanol–water partition coefficient (Wildman–Crippen LogP) is 2.28. The van der Waals surface area contributed by atoms with E-state index < -0.39 is 5.60 Å². The number of aliphatic hydroxyl groups is 1.